The van der Waals surface area contributed by atoms with Crippen LogP contribution in [-0.2, 0) is 14.4 Å². The van der Waals surface area contributed by atoms with E-state index < -0.39 is 23.9 Å². The van der Waals surface area contributed by atoms with Gasteiger partial charge in [0, 0.05) is 6.54 Å². The second-order valence-electron chi connectivity index (χ2n) is 5.28. The van der Waals surface area contributed by atoms with E-state index >= 15 is 0 Å². The maximum Gasteiger partial charge on any atom is 0.239 e. The normalized spacial score (nSPS) is 13.1. The number of amides is 2. The molecule has 0 bridgehead atoms. The molecule has 0 rings (SSSR count). The zero-order chi connectivity index (χ0) is 17.1. The van der Waals surface area contributed by atoms with E-state index in [4.69, 9.17) is 16.9 Å². The zero-order valence-electron chi connectivity index (χ0n) is 13.0. The quantitative estimate of drug-likeness (QED) is 0.119. The van der Waals surface area contributed by atoms with Crippen LogP contribution in [0.15, 0.2) is 0 Å². The molecule has 8 N–H and O–H groups in total. The van der Waals surface area contributed by atoms with Crippen LogP contribution in [-0.4, -0.2) is 49.2 Å². The predicted molar refractivity (Wildman–Crippen MR) is 83.0 cm³/mol. The molecule has 2 atom stereocenters. The van der Waals surface area contributed by atoms with Crippen LogP contribution in [0.5, 0.6) is 0 Å². The lowest BCUT2D eigenvalue weighted by molar-refractivity contribution is -0.128. The van der Waals surface area contributed by atoms with Gasteiger partial charge in [0.15, 0.2) is 5.96 Å². The molecule has 0 radical (unpaired) electrons. The SMILES string of the molecule is CC(C)[C@@H](N)C(=O)NCC(=O)N[C@H](C=O)CCCNC(=N)N. The highest BCUT2D eigenvalue weighted by molar-refractivity contribution is 5.88. The van der Waals surface area contributed by atoms with Gasteiger partial charge in [0.2, 0.25) is 11.8 Å². The summed E-state index contributed by atoms with van der Waals surface area (Å²) >= 11 is 0. The van der Waals surface area contributed by atoms with Crippen molar-refractivity contribution >= 4 is 24.1 Å². The van der Waals surface area contributed by atoms with Gasteiger partial charge in [0.05, 0.1) is 18.6 Å². The number of guanidine groups is 1. The smallest absolute Gasteiger partial charge is 0.239 e. The number of carbonyl (C=O) groups excluding carboxylic acids is 3. The summed E-state index contributed by atoms with van der Waals surface area (Å²) < 4.78 is 0. The molecule has 0 aliphatic carbocycles. The molecule has 0 heterocycles. The number of rotatable bonds is 10. The first-order valence-corrected chi connectivity index (χ1v) is 7.13. The summed E-state index contributed by atoms with van der Waals surface area (Å²) in [4.78, 5) is 34.1. The Hall–Kier alpha value is -2.16. The van der Waals surface area contributed by atoms with E-state index in [0.29, 0.717) is 25.7 Å². The minimum Gasteiger partial charge on any atom is -0.370 e. The first-order valence-electron chi connectivity index (χ1n) is 7.13. The number of hydrogen-bond acceptors (Lipinski definition) is 5. The summed E-state index contributed by atoms with van der Waals surface area (Å²) in [7, 11) is 0. The van der Waals surface area contributed by atoms with E-state index in [0.717, 1.165) is 0 Å². The van der Waals surface area contributed by atoms with E-state index in [2.05, 4.69) is 16.0 Å². The highest BCUT2D eigenvalue weighted by atomic mass is 16.2. The van der Waals surface area contributed by atoms with E-state index in [9.17, 15) is 14.4 Å². The molecular weight excluding hydrogens is 288 g/mol. The largest absolute Gasteiger partial charge is 0.370 e. The van der Waals surface area contributed by atoms with Gasteiger partial charge in [0.1, 0.15) is 6.29 Å². The van der Waals surface area contributed by atoms with Crippen molar-refractivity contribution in [2.75, 3.05) is 13.1 Å². The van der Waals surface area contributed by atoms with Crippen molar-refractivity contribution in [2.24, 2.45) is 17.4 Å². The predicted octanol–water partition coefficient (Wildman–Crippen LogP) is -1.97. The Labute approximate surface area is 130 Å². The lowest BCUT2D eigenvalue weighted by atomic mass is 10.1. The van der Waals surface area contributed by atoms with Crippen molar-refractivity contribution in [1.29, 1.82) is 5.41 Å². The molecule has 0 aliphatic heterocycles. The van der Waals surface area contributed by atoms with Crippen LogP contribution in [0, 0.1) is 11.3 Å². The van der Waals surface area contributed by atoms with Crippen molar-refractivity contribution in [3.8, 4) is 0 Å². The number of carbonyl (C=O) groups is 3. The number of aldehydes is 1. The Morgan fingerprint density at radius 1 is 1.27 bits per heavy atom. The van der Waals surface area contributed by atoms with Gasteiger partial charge < -0.3 is 32.2 Å². The topological polar surface area (TPSA) is 163 Å². The highest BCUT2D eigenvalue weighted by Gasteiger charge is 2.18. The van der Waals surface area contributed by atoms with E-state index in [1.54, 1.807) is 0 Å². The van der Waals surface area contributed by atoms with Gasteiger partial charge in [-0.15, -0.1) is 0 Å². The third-order valence-electron chi connectivity index (χ3n) is 2.96. The molecule has 0 aromatic rings. The fourth-order valence-electron chi connectivity index (χ4n) is 1.57. The second-order valence-corrected chi connectivity index (χ2v) is 5.28. The Morgan fingerprint density at radius 3 is 2.41 bits per heavy atom. The molecule has 0 aromatic heterocycles. The molecule has 0 unspecified atom stereocenters. The number of nitrogens with two attached hydrogens (primary N) is 2. The average molecular weight is 314 g/mol. The fourth-order valence-corrected chi connectivity index (χ4v) is 1.57. The maximum absolute atomic E-state index is 11.7. The van der Waals surface area contributed by atoms with Gasteiger partial charge >= 0.3 is 0 Å². The van der Waals surface area contributed by atoms with Gasteiger partial charge in [-0.2, -0.15) is 0 Å². The van der Waals surface area contributed by atoms with Crippen LogP contribution in [0.4, 0.5) is 0 Å². The standard InChI is InChI=1S/C13H26N6O3/c1-8(2)11(14)12(22)18-6-10(21)19-9(7-20)4-3-5-17-13(15)16/h7-9,11H,3-6,14H2,1-2H3,(H,18,22)(H,19,21)(H4,15,16,17)/t9-,11+/m0/s1. The molecule has 0 aromatic carbocycles. The summed E-state index contributed by atoms with van der Waals surface area (Å²) in [6, 6.07) is -1.32. The highest BCUT2D eigenvalue weighted by Crippen LogP contribution is 1.97. The zero-order valence-corrected chi connectivity index (χ0v) is 13.0. The van der Waals surface area contributed by atoms with Crippen molar-refractivity contribution in [3.05, 3.63) is 0 Å². The summed E-state index contributed by atoms with van der Waals surface area (Å²) in [6.07, 6.45) is 1.61. The number of nitrogens with one attached hydrogen (secondary N) is 4. The Balaban J connectivity index is 4.03. The third kappa shape index (κ3) is 8.90. The molecule has 2 amide bonds. The van der Waals surface area contributed by atoms with Crippen LogP contribution >= 0.6 is 0 Å². The second kappa shape index (κ2) is 10.6. The van der Waals surface area contributed by atoms with Crippen molar-refractivity contribution < 1.29 is 14.4 Å². The molecule has 0 fully saturated rings. The summed E-state index contributed by atoms with van der Waals surface area (Å²) in [5, 5.41) is 14.5. The van der Waals surface area contributed by atoms with Crippen LogP contribution < -0.4 is 27.4 Å². The summed E-state index contributed by atoms with van der Waals surface area (Å²) in [6.45, 7) is 3.83. The molecule has 0 saturated heterocycles. The molecule has 126 valence electrons. The van der Waals surface area contributed by atoms with Gasteiger partial charge in [-0.25, -0.2) is 0 Å². The average Bonchev–Trinajstić information content (AvgIpc) is 2.46. The van der Waals surface area contributed by atoms with Gasteiger partial charge in [-0.05, 0) is 18.8 Å². The van der Waals surface area contributed by atoms with Gasteiger partial charge in [-0.1, -0.05) is 13.8 Å². The van der Waals surface area contributed by atoms with Crippen LogP contribution in [0.1, 0.15) is 26.7 Å². The van der Waals surface area contributed by atoms with E-state index in [1.807, 2.05) is 13.8 Å². The summed E-state index contributed by atoms with van der Waals surface area (Å²) in [5.74, 6) is -1.03. The first-order chi connectivity index (χ1) is 10.3. The number of hydrogen-bond donors (Lipinski definition) is 6. The minimum atomic E-state index is -0.674. The maximum atomic E-state index is 11.7. The van der Waals surface area contributed by atoms with Crippen LogP contribution in [0.3, 0.4) is 0 Å². The Kier molecular flexibility index (Phi) is 9.51. The van der Waals surface area contributed by atoms with Crippen molar-refractivity contribution in [3.63, 3.8) is 0 Å². The molecule has 0 saturated carbocycles. The monoisotopic (exact) mass is 314 g/mol. The molecule has 22 heavy (non-hydrogen) atoms. The first kappa shape index (κ1) is 19.8. The molecule has 0 aliphatic rings. The van der Waals surface area contributed by atoms with Crippen LogP contribution in [0.2, 0.25) is 0 Å². The minimum absolute atomic E-state index is 0.0282. The van der Waals surface area contributed by atoms with Gasteiger partial charge in [0.25, 0.3) is 0 Å². The molecule has 0 spiro atoms. The lowest BCUT2D eigenvalue weighted by Crippen LogP contribution is -2.48. The molecular formula is C13H26N6O3. The van der Waals surface area contributed by atoms with Crippen LogP contribution in [0.25, 0.3) is 0 Å². The van der Waals surface area contributed by atoms with E-state index in [-0.39, 0.29) is 18.4 Å². The fraction of sp³-hybridized carbons (Fsp3) is 0.692. The third-order valence-corrected chi connectivity index (χ3v) is 2.96. The molecule has 9 nitrogen and oxygen atoms in total. The van der Waals surface area contributed by atoms with Gasteiger partial charge in [-0.3, -0.25) is 15.0 Å². The summed E-state index contributed by atoms with van der Waals surface area (Å²) in [5.41, 5.74) is 10.8. The van der Waals surface area contributed by atoms with Crippen molar-refractivity contribution in [2.45, 2.75) is 38.8 Å². The van der Waals surface area contributed by atoms with E-state index in [1.165, 1.54) is 0 Å². The Morgan fingerprint density at radius 2 is 1.91 bits per heavy atom. The Bertz CT molecular complexity index is 399. The molecule has 9 heteroatoms. The van der Waals surface area contributed by atoms with Crippen molar-refractivity contribution in [1.82, 2.24) is 16.0 Å². The lowest BCUT2D eigenvalue weighted by Gasteiger charge is -2.16.